The van der Waals surface area contributed by atoms with Crippen molar-refractivity contribution in [2.75, 3.05) is 13.7 Å². The summed E-state index contributed by atoms with van der Waals surface area (Å²) in [6.07, 6.45) is 3.50. The van der Waals surface area contributed by atoms with Crippen LogP contribution < -0.4 is 5.73 Å². The number of nitrogens with two attached hydrogens (primary N) is 1. The van der Waals surface area contributed by atoms with Crippen LogP contribution in [0.4, 0.5) is 0 Å². The van der Waals surface area contributed by atoms with Crippen molar-refractivity contribution in [2.24, 2.45) is 17.1 Å². The minimum absolute atomic E-state index is 0.0544. The highest BCUT2D eigenvalue weighted by molar-refractivity contribution is 4.94. The van der Waals surface area contributed by atoms with Crippen molar-refractivity contribution in [3.05, 3.63) is 0 Å². The molecule has 2 nitrogen and oxygen atoms in total. The average Bonchev–Trinajstić information content (AvgIpc) is 2.00. The van der Waals surface area contributed by atoms with Gasteiger partial charge in [-0.2, -0.15) is 0 Å². The van der Waals surface area contributed by atoms with Crippen LogP contribution in [0.15, 0.2) is 0 Å². The van der Waals surface area contributed by atoms with Gasteiger partial charge in [0.15, 0.2) is 0 Å². The Bertz CT molecular complexity index is 173. The van der Waals surface area contributed by atoms with Crippen LogP contribution in [0, 0.1) is 11.3 Å². The van der Waals surface area contributed by atoms with Crippen LogP contribution >= 0.6 is 0 Å². The second-order valence-corrected chi connectivity index (χ2v) is 5.45. The third kappa shape index (κ3) is 2.44. The first-order chi connectivity index (χ1) is 5.93. The van der Waals surface area contributed by atoms with Gasteiger partial charge < -0.3 is 10.5 Å². The predicted octanol–water partition coefficient (Wildman–Crippen LogP) is 2.18. The molecule has 1 fully saturated rings. The summed E-state index contributed by atoms with van der Waals surface area (Å²) in [5.41, 5.74) is 6.13. The molecule has 1 rings (SSSR count). The molecule has 0 radical (unpaired) electrons. The fourth-order valence-corrected chi connectivity index (χ4v) is 3.06. The molecule has 13 heavy (non-hydrogen) atoms. The Balaban J connectivity index is 2.76. The van der Waals surface area contributed by atoms with Crippen molar-refractivity contribution >= 4 is 0 Å². The number of rotatable bonds is 2. The van der Waals surface area contributed by atoms with Gasteiger partial charge in [0, 0.05) is 13.7 Å². The van der Waals surface area contributed by atoms with Crippen molar-refractivity contribution in [3.8, 4) is 0 Å². The number of methoxy groups -OCH3 is 1. The first-order valence-corrected chi connectivity index (χ1v) is 5.18. The summed E-state index contributed by atoms with van der Waals surface area (Å²) in [6.45, 7) is 7.57. The Morgan fingerprint density at radius 3 is 2.38 bits per heavy atom. The highest BCUT2D eigenvalue weighted by Gasteiger charge is 2.42. The Labute approximate surface area is 81.8 Å². The third-order valence-electron chi connectivity index (χ3n) is 3.23. The number of ether oxygens (including phenoxy) is 1. The fourth-order valence-electron chi connectivity index (χ4n) is 3.06. The van der Waals surface area contributed by atoms with E-state index in [0.717, 1.165) is 18.8 Å². The molecule has 0 bridgehead atoms. The molecule has 2 N–H and O–H groups in total. The van der Waals surface area contributed by atoms with E-state index in [2.05, 4.69) is 20.8 Å². The largest absolute Gasteiger partial charge is 0.377 e. The van der Waals surface area contributed by atoms with Crippen LogP contribution in [-0.2, 0) is 4.74 Å². The molecule has 1 saturated carbocycles. The topological polar surface area (TPSA) is 35.2 Å². The summed E-state index contributed by atoms with van der Waals surface area (Å²) >= 11 is 0. The van der Waals surface area contributed by atoms with Crippen molar-refractivity contribution < 1.29 is 4.74 Å². The van der Waals surface area contributed by atoms with Gasteiger partial charge in [0.2, 0.25) is 0 Å². The second-order valence-electron chi connectivity index (χ2n) is 5.45. The number of hydrogen-bond acceptors (Lipinski definition) is 2. The van der Waals surface area contributed by atoms with Crippen LogP contribution in [0.25, 0.3) is 0 Å². The van der Waals surface area contributed by atoms with Crippen molar-refractivity contribution in [3.63, 3.8) is 0 Å². The molecule has 0 heterocycles. The Morgan fingerprint density at radius 2 is 2.00 bits per heavy atom. The van der Waals surface area contributed by atoms with Crippen molar-refractivity contribution in [1.29, 1.82) is 0 Å². The normalized spacial score (nSPS) is 39.0. The SMILES string of the molecule is COC1(CN)CC(C)CC(C)(C)C1. The molecule has 0 saturated heterocycles. The number of hydrogen-bond donors (Lipinski definition) is 1. The monoisotopic (exact) mass is 185 g/mol. The summed E-state index contributed by atoms with van der Waals surface area (Å²) < 4.78 is 5.61. The molecule has 0 aliphatic heterocycles. The van der Waals surface area contributed by atoms with E-state index in [1.807, 2.05) is 0 Å². The van der Waals surface area contributed by atoms with Gasteiger partial charge in [0.05, 0.1) is 5.60 Å². The molecule has 2 atom stereocenters. The smallest absolute Gasteiger partial charge is 0.0808 e. The van der Waals surface area contributed by atoms with E-state index in [4.69, 9.17) is 10.5 Å². The van der Waals surface area contributed by atoms with E-state index in [9.17, 15) is 0 Å². The highest BCUT2D eigenvalue weighted by atomic mass is 16.5. The highest BCUT2D eigenvalue weighted by Crippen LogP contribution is 2.44. The fraction of sp³-hybridized carbons (Fsp3) is 1.00. The van der Waals surface area contributed by atoms with Gasteiger partial charge in [0.1, 0.15) is 0 Å². The second kappa shape index (κ2) is 3.58. The molecule has 2 heteroatoms. The lowest BCUT2D eigenvalue weighted by molar-refractivity contribution is -0.0812. The van der Waals surface area contributed by atoms with E-state index in [-0.39, 0.29) is 5.60 Å². The summed E-state index contributed by atoms with van der Waals surface area (Å²) in [6, 6.07) is 0. The maximum Gasteiger partial charge on any atom is 0.0808 e. The minimum Gasteiger partial charge on any atom is -0.377 e. The minimum atomic E-state index is -0.0544. The molecule has 1 aliphatic carbocycles. The third-order valence-corrected chi connectivity index (χ3v) is 3.23. The lowest BCUT2D eigenvalue weighted by Gasteiger charge is -2.46. The first-order valence-electron chi connectivity index (χ1n) is 5.18. The molecule has 1 aliphatic rings. The molecule has 2 unspecified atom stereocenters. The molecule has 0 aromatic carbocycles. The van der Waals surface area contributed by atoms with Crippen LogP contribution in [0.3, 0.4) is 0 Å². The van der Waals surface area contributed by atoms with E-state index in [1.54, 1.807) is 7.11 Å². The molecule has 0 spiro atoms. The molecule has 78 valence electrons. The zero-order valence-electron chi connectivity index (χ0n) is 9.39. The standard InChI is InChI=1S/C11H23NO/c1-9-5-10(2,3)7-11(6-9,8-12)13-4/h9H,5-8,12H2,1-4H3. The lowest BCUT2D eigenvalue weighted by Crippen LogP contribution is -2.48. The molecule has 0 aromatic heterocycles. The van der Waals surface area contributed by atoms with E-state index in [1.165, 1.54) is 6.42 Å². The Hall–Kier alpha value is -0.0800. The molecule has 0 amide bonds. The quantitative estimate of drug-likeness (QED) is 0.715. The summed E-state index contributed by atoms with van der Waals surface area (Å²) in [5.74, 6) is 0.729. The van der Waals surface area contributed by atoms with Gasteiger partial charge >= 0.3 is 0 Å². The summed E-state index contributed by atoms with van der Waals surface area (Å²) in [5, 5.41) is 0. The Morgan fingerprint density at radius 1 is 1.38 bits per heavy atom. The molecular formula is C11H23NO. The van der Waals surface area contributed by atoms with Gasteiger partial charge in [-0.25, -0.2) is 0 Å². The van der Waals surface area contributed by atoms with Gasteiger partial charge in [-0.15, -0.1) is 0 Å². The maximum atomic E-state index is 5.81. The van der Waals surface area contributed by atoms with Crippen LogP contribution in [-0.4, -0.2) is 19.3 Å². The Kier molecular flexibility index (Phi) is 3.03. The summed E-state index contributed by atoms with van der Waals surface area (Å²) in [7, 11) is 1.79. The van der Waals surface area contributed by atoms with Gasteiger partial charge in [0.25, 0.3) is 0 Å². The van der Waals surface area contributed by atoms with E-state index in [0.29, 0.717) is 12.0 Å². The first kappa shape index (κ1) is 11.0. The van der Waals surface area contributed by atoms with E-state index < -0.39 is 0 Å². The van der Waals surface area contributed by atoms with Gasteiger partial charge in [-0.05, 0) is 30.6 Å². The lowest BCUT2D eigenvalue weighted by atomic mass is 9.66. The van der Waals surface area contributed by atoms with E-state index >= 15 is 0 Å². The van der Waals surface area contributed by atoms with Crippen LogP contribution in [0.1, 0.15) is 40.0 Å². The summed E-state index contributed by atoms with van der Waals surface area (Å²) in [4.78, 5) is 0. The van der Waals surface area contributed by atoms with Crippen LogP contribution in [0.5, 0.6) is 0 Å². The zero-order valence-corrected chi connectivity index (χ0v) is 9.39. The van der Waals surface area contributed by atoms with Crippen molar-refractivity contribution in [2.45, 2.75) is 45.6 Å². The molecule has 0 aromatic rings. The predicted molar refractivity (Wildman–Crippen MR) is 55.6 cm³/mol. The average molecular weight is 185 g/mol. The zero-order chi connectivity index (χ0) is 10.1. The molecular weight excluding hydrogens is 162 g/mol. The van der Waals surface area contributed by atoms with Gasteiger partial charge in [-0.3, -0.25) is 0 Å². The van der Waals surface area contributed by atoms with Crippen molar-refractivity contribution in [1.82, 2.24) is 0 Å². The van der Waals surface area contributed by atoms with Crippen LogP contribution in [0.2, 0.25) is 0 Å². The van der Waals surface area contributed by atoms with Gasteiger partial charge in [-0.1, -0.05) is 20.8 Å². The maximum absolute atomic E-state index is 5.81.